The van der Waals surface area contributed by atoms with Crippen LogP contribution in [0.2, 0.25) is 0 Å². The number of carbonyl (C=O) groups is 1. The van der Waals surface area contributed by atoms with Crippen molar-refractivity contribution in [1.82, 2.24) is 0 Å². The Morgan fingerprint density at radius 1 is 0.682 bits per heavy atom. The van der Waals surface area contributed by atoms with Crippen molar-refractivity contribution in [3.05, 3.63) is 71.8 Å². The van der Waals surface area contributed by atoms with Crippen LogP contribution >= 0.6 is 0 Å². The van der Waals surface area contributed by atoms with Crippen LogP contribution in [0, 0.1) is 0 Å². The number of hydrogen-bond acceptors (Lipinski definition) is 3. The molecular formula is C19H22O3. The second kappa shape index (κ2) is 9.87. The Labute approximate surface area is 131 Å². The van der Waals surface area contributed by atoms with Gasteiger partial charge in [-0.3, -0.25) is 4.79 Å². The van der Waals surface area contributed by atoms with Gasteiger partial charge in [0.1, 0.15) is 5.78 Å². The second-order valence-electron chi connectivity index (χ2n) is 5.12. The van der Waals surface area contributed by atoms with Gasteiger partial charge in [0.05, 0.1) is 26.4 Å². The Morgan fingerprint density at radius 3 is 1.50 bits per heavy atom. The summed E-state index contributed by atoms with van der Waals surface area (Å²) in [5.74, 6) is 0.182. The first kappa shape index (κ1) is 16.4. The normalized spacial score (nSPS) is 10.5. The van der Waals surface area contributed by atoms with Gasteiger partial charge in [0.15, 0.2) is 0 Å². The molecule has 3 nitrogen and oxygen atoms in total. The van der Waals surface area contributed by atoms with Gasteiger partial charge in [-0.15, -0.1) is 0 Å². The molecule has 2 rings (SSSR count). The fourth-order valence-electron chi connectivity index (χ4n) is 2.03. The lowest BCUT2D eigenvalue weighted by Gasteiger charge is -2.05. The average Bonchev–Trinajstić information content (AvgIpc) is 2.57. The average molecular weight is 298 g/mol. The van der Waals surface area contributed by atoms with E-state index in [9.17, 15) is 4.79 Å². The van der Waals surface area contributed by atoms with Crippen LogP contribution < -0.4 is 0 Å². The molecule has 0 aromatic heterocycles. The lowest BCUT2D eigenvalue weighted by atomic mass is 10.2. The molecule has 0 heterocycles. The molecule has 0 aliphatic carbocycles. The summed E-state index contributed by atoms with van der Waals surface area (Å²) in [5, 5.41) is 0. The van der Waals surface area contributed by atoms with Crippen LogP contribution in [0.4, 0.5) is 0 Å². The van der Waals surface area contributed by atoms with Gasteiger partial charge >= 0.3 is 0 Å². The van der Waals surface area contributed by atoms with Crippen molar-refractivity contribution in [3.63, 3.8) is 0 Å². The van der Waals surface area contributed by atoms with E-state index in [2.05, 4.69) is 0 Å². The number of ether oxygens (including phenoxy) is 2. The summed E-state index contributed by atoms with van der Waals surface area (Å²) in [7, 11) is 0. The first-order chi connectivity index (χ1) is 10.8. The number of carbonyl (C=O) groups excluding carboxylic acids is 1. The molecule has 0 bridgehead atoms. The highest BCUT2D eigenvalue weighted by Crippen LogP contribution is 2.03. The minimum Gasteiger partial charge on any atom is -0.376 e. The van der Waals surface area contributed by atoms with Gasteiger partial charge < -0.3 is 9.47 Å². The molecule has 0 saturated carbocycles. The van der Waals surface area contributed by atoms with E-state index < -0.39 is 0 Å². The van der Waals surface area contributed by atoms with Crippen LogP contribution in [0.1, 0.15) is 24.0 Å². The second-order valence-corrected chi connectivity index (χ2v) is 5.12. The molecule has 0 radical (unpaired) electrons. The Balaban J connectivity index is 1.49. The molecule has 0 fully saturated rings. The zero-order chi connectivity index (χ0) is 15.5. The van der Waals surface area contributed by atoms with Gasteiger partial charge in [0, 0.05) is 12.8 Å². The van der Waals surface area contributed by atoms with Gasteiger partial charge in [-0.1, -0.05) is 60.7 Å². The summed E-state index contributed by atoms with van der Waals surface area (Å²) in [5.41, 5.74) is 2.25. The summed E-state index contributed by atoms with van der Waals surface area (Å²) >= 11 is 0. The lowest BCUT2D eigenvalue weighted by molar-refractivity contribution is -0.121. The van der Waals surface area contributed by atoms with Crippen LogP contribution in [-0.4, -0.2) is 19.0 Å². The van der Waals surface area contributed by atoms with E-state index >= 15 is 0 Å². The van der Waals surface area contributed by atoms with Crippen molar-refractivity contribution >= 4 is 5.78 Å². The van der Waals surface area contributed by atoms with Gasteiger partial charge in [0.25, 0.3) is 0 Å². The van der Waals surface area contributed by atoms with Crippen LogP contribution in [-0.2, 0) is 27.5 Å². The van der Waals surface area contributed by atoms with E-state index in [0.717, 1.165) is 11.1 Å². The third-order valence-electron chi connectivity index (χ3n) is 3.27. The highest BCUT2D eigenvalue weighted by molar-refractivity contribution is 5.78. The number of rotatable bonds is 10. The third-order valence-corrected chi connectivity index (χ3v) is 3.27. The van der Waals surface area contributed by atoms with E-state index in [4.69, 9.17) is 9.47 Å². The molecule has 2 aromatic rings. The van der Waals surface area contributed by atoms with Crippen LogP contribution in [0.5, 0.6) is 0 Å². The topological polar surface area (TPSA) is 35.5 Å². The van der Waals surface area contributed by atoms with E-state index in [0.29, 0.717) is 39.3 Å². The van der Waals surface area contributed by atoms with Gasteiger partial charge in [-0.2, -0.15) is 0 Å². The van der Waals surface area contributed by atoms with Crippen molar-refractivity contribution < 1.29 is 14.3 Å². The molecule has 116 valence electrons. The Kier molecular flexibility index (Phi) is 7.36. The molecule has 3 heteroatoms. The van der Waals surface area contributed by atoms with E-state index in [1.165, 1.54) is 0 Å². The minimum absolute atomic E-state index is 0.182. The van der Waals surface area contributed by atoms with Crippen LogP contribution in [0.25, 0.3) is 0 Å². The van der Waals surface area contributed by atoms with Crippen molar-refractivity contribution in [3.8, 4) is 0 Å². The maximum atomic E-state index is 11.7. The largest absolute Gasteiger partial charge is 0.376 e. The SMILES string of the molecule is O=C(CCOCc1ccccc1)CCOCc1ccccc1. The van der Waals surface area contributed by atoms with E-state index in [1.54, 1.807) is 0 Å². The smallest absolute Gasteiger partial charge is 0.137 e. The van der Waals surface area contributed by atoms with Crippen molar-refractivity contribution in [2.45, 2.75) is 26.1 Å². The molecule has 0 aliphatic heterocycles. The van der Waals surface area contributed by atoms with E-state index in [-0.39, 0.29) is 5.78 Å². The van der Waals surface area contributed by atoms with Gasteiger partial charge in [0.2, 0.25) is 0 Å². The molecule has 0 saturated heterocycles. The highest BCUT2D eigenvalue weighted by Gasteiger charge is 2.02. The van der Waals surface area contributed by atoms with Crippen molar-refractivity contribution in [1.29, 1.82) is 0 Å². The first-order valence-corrected chi connectivity index (χ1v) is 7.59. The fraction of sp³-hybridized carbons (Fsp3) is 0.316. The molecule has 0 unspecified atom stereocenters. The monoisotopic (exact) mass is 298 g/mol. The predicted molar refractivity (Wildman–Crippen MR) is 86.4 cm³/mol. The lowest BCUT2D eigenvalue weighted by Crippen LogP contribution is -2.08. The van der Waals surface area contributed by atoms with Crippen molar-refractivity contribution in [2.75, 3.05) is 13.2 Å². The molecule has 0 N–H and O–H groups in total. The predicted octanol–water partition coefficient (Wildman–Crippen LogP) is 3.77. The zero-order valence-corrected chi connectivity index (χ0v) is 12.7. The molecule has 0 aliphatic rings. The number of ketones is 1. The summed E-state index contributed by atoms with van der Waals surface area (Å²) < 4.78 is 11.0. The maximum Gasteiger partial charge on any atom is 0.137 e. The summed E-state index contributed by atoms with van der Waals surface area (Å²) in [6.45, 7) is 2.04. The minimum atomic E-state index is 0.182. The Bertz CT molecular complexity index is 488. The Morgan fingerprint density at radius 2 is 1.09 bits per heavy atom. The molecule has 0 atom stereocenters. The summed E-state index contributed by atoms with van der Waals surface area (Å²) in [4.78, 5) is 11.7. The standard InChI is InChI=1S/C19H22O3/c20-19(11-13-21-15-17-7-3-1-4-8-17)12-14-22-16-18-9-5-2-6-10-18/h1-10H,11-16H2. The molecule has 0 amide bonds. The molecular weight excluding hydrogens is 276 g/mol. The number of benzene rings is 2. The highest BCUT2D eigenvalue weighted by atomic mass is 16.5. The Hall–Kier alpha value is -1.97. The first-order valence-electron chi connectivity index (χ1n) is 7.59. The van der Waals surface area contributed by atoms with Gasteiger partial charge in [-0.05, 0) is 11.1 Å². The molecule has 22 heavy (non-hydrogen) atoms. The maximum absolute atomic E-state index is 11.7. The zero-order valence-electron chi connectivity index (χ0n) is 12.7. The number of Topliss-reactive ketones (excluding diaryl/α,β-unsaturated/α-hetero) is 1. The molecule has 2 aromatic carbocycles. The van der Waals surface area contributed by atoms with Crippen molar-refractivity contribution in [2.24, 2.45) is 0 Å². The molecule has 0 spiro atoms. The third kappa shape index (κ3) is 6.66. The van der Waals surface area contributed by atoms with Gasteiger partial charge in [-0.25, -0.2) is 0 Å². The van der Waals surface area contributed by atoms with Crippen LogP contribution in [0.3, 0.4) is 0 Å². The van der Waals surface area contributed by atoms with Crippen LogP contribution in [0.15, 0.2) is 60.7 Å². The van der Waals surface area contributed by atoms with E-state index in [1.807, 2.05) is 60.7 Å². The number of hydrogen-bond donors (Lipinski definition) is 0. The quantitative estimate of drug-likeness (QED) is 0.626. The fourth-order valence-corrected chi connectivity index (χ4v) is 2.03. The summed E-state index contributed by atoms with van der Waals surface area (Å²) in [6.07, 6.45) is 0.892. The summed E-state index contributed by atoms with van der Waals surface area (Å²) in [6, 6.07) is 19.9.